The predicted octanol–water partition coefficient (Wildman–Crippen LogP) is 5.62. The number of anilines is 1. The Morgan fingerprint density at radius 1 is 0.788 bits per heavy atom. The van der Waals surface area contributed by atoms with Crippen LogP contribution < -0.4 is 9.08 Å². The molecule has 0 saturated carbocycles. The van der Waals surface area contributed by atoms with Gasteiger partial charge in [-0.25, -0.2) is 0 Å². The molecule has 33 heavy (non-hydrogen) atoms. The molecule has 2 aromatic rings. The van der Waals surface area contributed by atoms with Crippen molar-refractivity contribution in [3.63, 3.8) is 0 Å². The Morgan fingerprint density at radius 2 is 1.36 bits per heavy atom. The molecule has 2 aliphatic carbocycles. The van der Waals surface area contributed by atoms with Crippen molar-refractivity contribution in [2.75, 3.05) is 4.90 Å². The molecule has 2 aromatic carbocycles. The highest BCUT2D eigenvalue weighted by molar-refractivity contribution is 7.88. The zero-order valence-corrected chi connectivity index (χ0v) is 18.1. The van der Waals surface area contributed by atoms with Crippen LogP contribution in [-0.2, 0) is 10.1 Å². The standard InChI is InChI=1S/C25H20F3NO3S/c26-25(27,28)33(30,31)32-24-15-14-18(16-21(24)17-8-2-1-3-9-17)29-22-12-6-4-10-19(22)20-11-5-7-13-23(20)29/h1-16,19-20,22-23H. The van der Waals surface area contributed by atoms with Crippen molar-refractivity contribution in [3.8, 4) is 16.9 Å². The number of hydrogen-bond donors (Lipinski definition) is 0. The molecule has 0 spiro atoms. The lowest BCUT2D eigenvalue weighted by atomic mass is 9.83. The summed E-state index contributed by atoms with van der Waals surface area (Å²) in [5.74, 6) is 0.138. The Hall–Kier alpha value is -3.26. The lowest BCUT2D eigenvalue weighted by molar-refractivity contribution is -0.0499. The average Bonchev–Trinajstić information content (AvgIpc) is 3.14. The van der Waals surface area contributed by atoms with Gasteiger partial charge in [-0.15, -0.1) is 0 Å². The van der Waals surface area contributed by atoms with Crippen LogP contribution >= 0.6 is 0 Å². The van der Waals surface area contributed by atoms with Crippen molar-refractivity contribution in [3.05, 3.63) is 97.1 Å². The summed E-state index contributed by atoms with van der Waals surface area (Å²) in [5, 5.41) is 0. The summed E-state index contributed by atoms with van der Waals surface area (Å²) in [6.07, 6.45) is 16.6. The maximum absolute atomic E-state index is 13.0. The number of alkyl halides is 3. The Balaban J connectivity index is 1.61. The van der Waals surface area contributed by atoms with E-state index in [1.54, 1.807) is 42.5 Å². The third-order valence-electron chi connectivity index (χ3n) is 6.21. The van der Waals surface area contributed by atoms with Crippen molar-refractivity contribution in [1.82, 2.24) is 0 Å². The second-order valence-electron chi connectivity index (χ2n) is 8.11. The van der Waals surface area contributed by atoms with E-state index in [4.69, 9.17) is 0 Å². The minimum atomic E-state index is -5.81. The maximum Gasteiger partial charge on any atom is 0.534 e. The van der Waals surface area contributed by atoms with Crippen molar-refractivity contribution < 1.29 is 25.8 Å². The van der Waals surface area contributed by atoms with Crippen molar-refractivity contribution in [2.24, 2.45) is 11.8 Å². The van der Waals surface area contributed by atoms with E-state index < -0.39 is 15.6 Å². The van der Waals surface area contributed by atoms with Gasteiger partial charge in [-0.1, -0.05) is 78.9 Å². The fourth-order valence-corrected chi connectivity index (χ4v) is 5.27. The number of nitrogens with zero attached hydrogens (tertiary/aromatic N) is 1. The van der Waals surface area contributed by atoms with Crippen LogP contribution in [0.3, 0.4) is 0 Å². The quantitative estimate of drug-likeness (QED) is 0.429. The van der Waals surface area contributed by atoms with Gasteiger partial charge in [0.05, 0.1) is 12.1 Å². The van der Waals surface area contributed by atoms with Crippen LogP contribution in [0.15, 0.2) is 97.1 Å². The molecule has 0 amide bonds. The number of fused-ring (bicyclic) bond motifs is 3. The minimum absolute atomic E-state index is 0.0618. The summed E-state index contributed by atoms with van der Waals surface area (Å²) in [4.78, 5) is 2.23. The second-order valence-corrected chi connectivity index (χ2v) is 9.65. The molecular formula is C25H20F3NO3S. The molecule has 3 aliphatic rings. The van der Waals surface area contributed by atoms with Gasteiger partial charge in [0.1, 0.15) is 0 Å². The van der Waals surface area contributed by atoms with E-state index in [2.05, 4.69) is 33.4 Å². The third kappa shape index (κ3) is 3.78. The van der Waals surface area contributed by atoms with E-state index in [0.29, 0.717) is 5.56 Å². The van der Waals surface area contributed by atoms with Gasteiger partial charge >= 0.3 is 15.6 Å². The van der Waals surface area contributed by atoms with Gasteiger partial charge < -0.3 is 9.08 Å². The first-order chi connectivity index (χ1) is 15.8. The SMILES string of the molecule is O=S(=O)(Oc1ccc(N2C3C=CC=CC3C3C=CC=CC32)cc1-c1ccccc1)C(F)(F)F. The summed E-state index contributed by atoms with van der Waals surface area (Å²) in [5.41, 5.74) is -3.93. The van der Waals surface area contributed by atoms with Crippen LogP contribution in [0.5, 0.6) is 5.75 Å². The van der Waals surface area contributed by atoms with E-state index in [-0.39, 0.29) is 35.2 Å². The van der Waals surface area contributed by atoms with E-state index in [1.807, 2.05) is 24.3 Å². The Morgan fingerprint density at radius 3 is 1.94 bits per heavy atom. The molecule has 1 saturated heterocycles. The number of allylic oxidation sites excluding steroid dienone is 4. The zero-order chi connectivity index (χ0) is 23.2. The predicted molar refractivity (Wildman–Crippen MR) is 121 cm³/mol. The topological polar surface area (TPSA) is 46.6 Å². The average molecular weight is 472 g/mol. The zero-order valence-electron chi connectivity index (χ0n) is 17.3. The number of hydrogen-bond acceptors (Lipinski definition) is 4. The minimum Gasteiger partial charge on any atom is -0.375 e. The molecular weight excluding hydrogens is 451 g/mol. The second kappa shape index (κ2) is 7.95. The first kappa shape index (κ1) is 21.6. The van der Waals surface area contributed by atoms with Gasteiger partial charge in [0, 0.05) is 23.1 Å². The van der Waals surface area contributed by atoms with Crippen LogP contribution in [0.2, 0.25) is 0 Å². The van der Waals surface area contributed by atoms with Gasteiger partial charge in [-0.2, -0.15) is 21.6 Å². The highest BCUT2D eigenvalue weighted by atomic mass is 32.2. The van der Waals surface area contributed by atoms with Crippen LogP contribution in [0.1, 0.15) is 0 Å². The van der Waals surface area contributed by atoms with Gasteiger partial charge in [-0.3, -0.25) is 0 Å². The molecule has 8 heteroatoms. The van der Waals surface area contributed by atoms with E-state index in [1.165, 1.54) is 6.07 Å². The highest BCUT2D eigenvalue weighted by Crippen LogP contribution is 2.46. The smallest absolute Gasteiger partial charge is 0.375 e. The Labute approximate surface area is 190 Å². The molecule has 0 bridgehead atoms. The molecule has 4 atom stereocenters. The van der Waals surface area contributed by atoms with Gasteiger partial charge in [0.15, 0.2) is 5.75 Å². The van der Waals surface area contributed by atoms with Gasteiger partial charge in [0.2, 0.25) is 0 Å². The summed E-state index contributed by atoms with van der Waals surface area (Å²) in [6, 6.07) is 13.4. The normalized spacial score (nSPS) is 25.7. The first-order valence-electron chi connectivity index (χ1n) is 10.4. The lowest BCUT2D eigenvalue weighted by Gasteiger charge is -2.32. The molecule has 170 valence electrons. The van der Waals surface area contributed by atoms with Crippen LogP contribution in [-0.4, -0.2) is 26.0 Å². The van der Waals surface area contributed by atoms with E-state index in [9.17, 15) is 21.6 Å². The summed E-state index contributed by atoms with van der Waals surface area (Å²) in [7, 11) is -5.81. The third-order valence-corrected chi connectivity index (χ3v) is 7.18. The van der Waals surface area contributed by atoms with Crippen molar-refractivity contribution in [2.45, 2.75) is 17.6 Å². The largest absolute Gasteiger partial charge is 0.534 e. The molecule has 1 aliphatic heterocycles. The van der Waals surface area contributed by atoms with Gasteiger partial charge in [-0.05, 0) is 23.8 Å². The molecule has 5 rings (SSSR count). The maximum atomic E-state index is 13.0. The molecule has 1 fully saturated rings. The molecule has 4 nitrogen and oxygen atoms in total. The number of benzene rings is 2. The lowest BCUT2D eigenvalue weighted by Crippen LogP contribution is -2.36. The van der Waals surface area contributed by atoms with Crippen LogP contribution in [0, 0.1) is 11.8 Å². The fraction of sp³-hybridized carbons (Fsp3) is 0.200. The van der Waals surface area contributed by atoms with Crippen LogP contribution in [0.25, 0.3) is 11.1 Å². The monoisotopic (exact) mass is 471 g/mol. The van der Waals surface area contributed by atoms with Gasteiger partial charge in [0.25, 0.3) is 0 Å². The van der Waals surface area contributed by atoms with Crippen molar-refractivity contribution >= 4 is 15.8 Å². The summed E-state index contributed by atoms with van der Waals surface area (Å²) >= 11 is 0. The Kier molecular flexibility index (Phi) is 5.20. The molecule has 0 radical (unpaired) electrons. The van der Waals surface area contributed by atoms with Crippen molar-refractivity contribution in [1.29, 1.82) is 0 Å². The molecule has 4 unspecified atom stereocenters. The fourth-order valence-electron chi connectivity index (χ4n) is 4.80. The molecule has 0 N–H and O–H groups in total. The molecule has 0 aromatic heterocycles. The van der Waals surface area contributed by atoms with E-state index >= 15 is 0 Å². The first-order valence-corrected chi connectivity index (χ1v) is 11.9. The van der Waals surface area contributed by atoms with E-state index in [0.717, 1.165) is 5.69 Å². The summed E-state index contributed by atoms with van der Waals surface area (Å²) < 4.78 is 67.0. The number of halogens is 3. The Bertz CT molecular complexity index is 1250. The highest BCUT2D eigenvalue weighted by Gasteiger charge is 2.49. The summed E-state index contributed by atoms with van der Waals surface area (Å²) in [6.45, 7) is 0. The van der Waals surface area contributed by atoms with Crippen LogP contribution in [0.4, 0.5) is 18.9 Å². The number of rotatable bonds is 4. The molecule has 1 heterocycles.